The number of hydrogen-bond acceptors (Lipinski definition) is 2. The van der Waals surface area contributed by atoms with Gasteiger partial charge in [-0.3, -0.25) is 4.79 Å². The second kappa shape index (κ2) is 3.66. The molecule has 0 heterocycles. The minimum atomic E-state index is -0.874. The molecule has 0 saturated heterocycles. The third-order valence-electron chi connectivity index (χ3n) is 1.89. The van der Waals surface area contributed by atoms with E-state index in [1.54, 1.807) is 25.1 Å². The molecule has 0 amide bonds. The average molecular weight is 200 g/mol. The number of anilines is 1. The fourth-order valence-electron chi connectivity index (χ4n) is 0.955. The summed E-state index contributed by atoms with van der Waals surface area (Å²) in [5.41, 5.74) is 6.61. The smallest absolute Gasteiger partial charge is 0.310 e. The van der Waals surface area contributed by atoms with Gasteiger partial charge in [0.15, 0.2) is 0 Å². The van der Waals surface area contributed by atoms with Gasteiger partial charge in [0.25, 0.3) is 0 Å². The molecule has 0 aliphatic rings. The number of carbonyl (C=O) groups is 1. The van der Waals surface area contributed by atoms with Crippen molar-refractivity contribution in [2.45, 2.75) is 12.8 Å². The minimum absolute atomic E-state index is 0.394. The van der Waals surface area contributed by atoms with E-state index >= 15 is 0 Å². The van der Waals surface area contributed by atoms with E-state index in [1.807, 2.05) is 0 Å². The predicted octanol–water partition coefficient (Wildman–Crippen LogP) is 2.11. The summed E-state index contributed by atoms with van der Waals surface area (Å²) in [7, 11) is 0. The van der Waals surface area contributed by atoms with E-state index in [0.29, 0.717) is 16.3 Å². The second-order valence-electron chi connectivity index (χ2n) is 2.84. The predicted molar refractivity (Wildman–Crippen MR) is 51.9 cm³/mol. The largest absolute Gasteiger partial charge is 0.481 e. The summed E-state index contributed by atoms with van der Waals surface area (Å²) in [4.78, 5) is 10.6. The molecule has 3 nitrogen and oxygen atoms in total. The highest BCUT2D eigenvalue weighted by atomic mass is 35.5. The van der Waals surface area contributed by atoms with Crippen LogP contribution in [0, 0.1) is 0 Å². The summed E-state index contributed by atoms with van der Waals surface area (Å²) in [6.07, 6.45) is 0. The van der Waals surface area contributed by atoms with Crippen LogP contribution in [0.2, 0.25) is 5.02 Å². The Hall–Kier alpha value is -1.22. The number of nitrogen functional groups attached to an aromatic ring is 1. The SMILES string of the molecule is CC(C(=O)O)c1ccc(N)c(Cl)c1. The first kappa shape index (κ1) is 9.86. The number of carboxylic acids is 1. The first-order valence-electron chi connectivity index (χ1n) is 3.80. The van der Waals surface area contributed by atoms with Gasteiger partial charge in [0.2, 0.25) is 0 Å². The maximum Gasteiger partial charge on any atom is 0.310 e. The maximum absolute atomic E-state index is 10.6. The summed E-state index contributed by atoms with van der Waals surface area (Å²) in [5.74, 6) is -1.43. The van der Waals surface area contributed by atoms with E-state index in [9.17, 15) is 4.79 Å². The number of carboxylic acid groups (broad SMARTS) is 1. The quantitative estimate of drug-likeness (QED) is 0.718. The summed E-state index contributed by atoms with van der Waals surface area (Å²) >= 11 is 5.74. The zero-order valence-corrected chi connectivity index (χ0v) is 7.88. The fraction of sp³-hybridized carbons (Fsp3) is 0.222. The Morgan fingerprint density at radius 3 is 2.69 bits per heavy atom. The molecule has 1 rings (SSSR count). The average Bonchev–Trinajstić information content (AvgIpc) is 2.08. The topological polar surface area (TPSA) is 63.3 Å². The van der Waals surface area contributed by atoms with Crippen LogP contribution in [0.15, 0.2) is 18.2 Å². The fourth-order valence-corrected chi connectivity index (χ4v) is 1.14. The summed E-state index contributed by atoms with van der Waals surface area (Å²) in [6, 6.07) is 4.85. The van der Waals surface area contributed by atoms with E-state index in [0.717, 1.165) is 0 Å². The second-order valence-corrected chi connectivity index (χ2v) is 3.25. The Kier molecular flexibility index (Phi) is 2.78. The van der Waals surface area contributed by atoms with E-state index < -0.39 is 11.9 Å². The molecule has 70 valence electrons. The van der Waals surface area contributed by atoms with Gasteiger partial charge in [-0.05, 0) is 24.6 Å². The lowest BCUT2D eigenvalue weighted by Crippen LogP contribution is -2.07. The Balaban J connectivity index is 3.03. The molecule has 0 radical (unpaired) electrons. The van der Waals surface area contributed by atoms with Crippen LogP contribution >= 0.6 is 11.6 Å². The van der Waals surface area contributed by atoms with Gasteiger partial charge in [-0.1, -0.05) is 17.7 Å². The molecule has 1 atom stereocenters. The van der Waals surface area contributed by atoms with Crippen molar-refractivity contribution in [2.75, 3.05) is 5.73 Å². The molecule has 1 aromatic carbocycles. The van der Waals surface area contributed by atoms with Crippen LogP contribution in [0.5, 0.6) is 0 Å². The molecule has 4 heteroatoms. The highest BCUT2D eigenvalue weighted by Gasteiger charge is 2.13. The number of hydrogen-bond donors (Lipinski definition) is 2. The molecule has 0 aromatic heterocycles. The van der Waals surface area contributed by atoms with Crippen LogP contribution in [-0.2, 0) is 4.79 Å². The number of nitrogens with two attached hydrogens (primary N) is 1. The van der Waals surface area contributed by atoms with Crippen molar-refractivity contribution in [1.29, 1.82) is 0 Å². The van der Waals surface area contributed by atoms with Crippen molar-refractivity contribution >= 4 is 23.3 Å². The Labute approximate surface area is 81.1 Å². The van der Waals surface area contributed by atoms with Crippen molar-refractivity contribution in [1.82, 2.24) is 0 Å². The number of aliphatic carboxylic acids is 1. The highest BCUT2D eigenvalue weighted by Crippen LogP contribution is 2.24. The molecule has 13 heavy (non-hydrogen) atoms. The van der Waals surface area contributed by atoms with Crippen molar-refractivity contribution in [2.24, 2.45) is 0 Å². The Bertz CT molecular complexity index is 338. The number of benzene rings is 1. The third-order valence-corrected chi connectivity index (χ3v) is 2.22. The minimum Gasteiger partial charge on any atom is -0.481 e. The number of rotatable bonds is 2. The molecule has 0 fully saturated rings. The van der Waals surface area contributed by atoms with Gasteiger partial charge in [0.1, 0.15) is 0 Å². The van der Waals surface area contributed by atoms with Crippen LogP contribution in [0.4, 0.5) is 5.69 Å². The van der Waals surface area contributed by atoms with Gasteiger partial charge in [-0.25, -0.2) is 0 Å². The molecule has 0 aliphatic heterocycles. The van der Waals surface area contributed by atoms with Crippen LogP contribution in [0.25, 0.3) is 0 Å². The summed E-state index contributed by atoms with van der Waals surface area (Å²) < 4.78 is 0. The van der Waals surface area contributed by atoms with Gasteiger partial charge in [-0.2, -0.15) is 0 Å². The molecule has 3 N–H and O–H groups in total. The lowest BCUT2D eigenvalue weighted by Gasteiger charge is -2.07. The van der Waals surface area contributed by atoms with Crippen molar-refractivity contribution in [3.8, 4) is 0 Å². The first-order valence-corrected chi connectivity index (χ1v) is 4.18. The van der Waals surface area contributed by atoms with E-state index in [2.05, 4.69) is 0 Å². The van der Waals surface area contributed by atoms with Gasteiger partial charge in [0, 0.05) is 0 Å². The van der Waals surface area contributed by atoms with Gasteiger partial charge in [0.05, 0.1) is 16.6 Å². The van der Waals surface area contributed by atoms with Crippen LogP contribution in [0.1, 0.15) is 18.4 Å². The van der Waals surface area contributed by atoms with Crippen molar-refractivity contribution < 1.29 is 9.90 Å². The first-order chi connectivity index (χ1) is 6.02. The molecule has 0 bridgehead atoms. The maximum atomic E-state index is 10.6. The van der Waals surface area contributed by atoms with E-state index in [-0.39, 0.29) is 0 Å². The summed E-state index contributed by atoms with van der Waals surface area (Å²) in [5, 5.41) is 9.12. The van der Waals surface area contributed by atoms with Crippen molar-refractivity contribution in [3.63, 3.8) is 0 Å². The van der Waals surface area contributed by atoms with E-state index in [4.69, 9.17) is 22.4 Å². The highest BCUT2D eigenvalue weighted by molar-refractivity contribution is 6.33. The molecular weight excluding hydrogens is 190 g/mol. The van der Waals surface area contributed by atoms with E-state index in [1.165, 1.54) is 0 Å². The summed E-state index contributed by atoms with van der Waals surface area (Å²) in [6.45, 7) is 1.60. The number of halogens is 1. The molecule has 0 aliphatic carbocycles. The molecular formula is C9H10ClNO2. The van der Waals surface area contributed by atoms with Gasteiger partial charge >= 0.3 is 5.97 Å². The van der Waals surface area contributed by atoms with Gasteiger partial charge < -0.3 is 10.8 Å². The molecule has 1 aromatic rings. The monoisotopic (exact) mass is 199 g/mol. The molecule has 1 unspecified atom stereocenters. The standard InChI is InChI=1S/C9H10ClNO2/c1-5(9(12)13)6-2-3-8(11)7(10)4-6/h2-5H,11H2,1H3,(H,12,13). The van der Waals surface area contributed by atoms with Gasteiger partial charge in [-0.15, -0.1) is 0 Å². The molecule has 0 saturated carbocycles. The van der Waals surface area contributed by atoms with Crippen LogP contribution in [0.3, 0.4) is 0 Å². The third kappa shape index (κ3) is 2.12. The Morgan fingerprint density at radius 2 is 2.23 bits per heavy atom. The Morgan fingerprint density at radius 1 is 1.62 bits per heavy atom. The zero-order chi connectivity index (χ0) is 10.0. The zero-order valence-electron chi connectivity index (χ0n) is 7.12. The van der Waals surface area contributed by atoms with Crippen LogP contribution in [-0.4, -0.2) is 11.1 Å². The molecule has 0 spiro atoms. The van der Waals surface area contributed by atoms with Crippen LogP contribution < -0.4 is 5.73 Å². The van der Waals surface area contributed by atoms with Crippen molar-refractivity contribution in [3.05, 3.63) is 28.8 Å². The lowest BCUT2D eigenvalue weighted by atomic mass is 10.0. The lowest BCUT2D eigenvalue weighted by molar-refractivity contribution is -0.138. The normalized spacial score (nSPS) is 12.5.